The summed E-state index contributed by atoms with van der Waals surface area (Å²) in [5.41, 5.74) is 0. The van der Waals surface area contributed by atoms with Crippen molar-refractivity contribution in [3.05, 3.63) is 0 Å². The van der Waals surface area contributed by atoms with Crippen LogP contribution in [0, 0.1) is 0 Å². The summed E-state index contributed by atoms with van der Waals surface area (Å²) in [7, 11) is 3.48. The fourth-order valence-corrected chi connectivity index (χ4v) is 1.42. The fraction of sp³-hybridized carbons (Fsp3) is 0.833. The number of likely N-dealkylation sites (N-methyl/N-ethyl adjacent to an activating group) is 1. The highest BCUT2D eigenvalue weighted by Gasteiger charge is 2.03. The van der Waals surface area contributed by atoms with E-state index in [9.17, 15) is 4.79 Å². The molecule has 18 heavy (non-hydrogen) atoms. The van der Waals surface area contributed by atoms with Crippen molar-refractivity contribution in [3.63, 3.8) is 0 Å². The second kappa shape index (κ2) is 11.2. The van der Waals surface area contributed by atoms with Crippen LogP contribution in [-0.4, -0.2) is 62.5 Å². The molecule has 0 aromatic rings. The van der Waals surface area contributed by atoms with Gasteiger partial charge in [0.1, 0.15) is 6.54 Å². The van der Waals surface area contributed by atoms with Crippen LogP contribution in [-0.2, 0) is 4.79 Å². The zero-order chi connectivity index (χ0) is 13.8. The molecular formula is C12H26N4OS. The van der Waals surface area contributed by atoms with Gasteiger partial charge in [0.05, 0.1) is 0 Å². The molecule has 0 aromatic carbocycles. The van der Waals surface area contributed by atoms with Gasteiger partial charge in [-0.05, 0) is 12.7 Å². The van der Waals surface area contributed by atoms with E-state index in [2.05, 4.69) is 28.8 Å². The first-order chi connectivity index (χ1) is 8.61. The summed E-state index contributed by atoms with van der Waals surface area (Å²) in [6.07, 6.45) is 4.31. The molecule has 0 aliphatic carbocycles. The van der Waals surface area contributed by atoms with Crippen molar-refractivity contribution in [2.45, 2.75) is 19.8 Å². The zero-order valence-electron chi connectivity index (χ0n) is 12.0. The highest BCUT2D eigenvalue weighted by atomic mass is 32.2. The zero-order valence-corrected chi connectivity index (χ0v) is 12.8. The third kappa shape index (κ3) is 9.15. The molecule has 0 bridgehead atoms. The predicted molar refractivity (Wildman–Crippen MR) is 80.3 cm³/mol. The van der Waals surface area contributed by atoms with Crippen LogP contribution >= 0.6 is 11.8 Å². The summed E-state index contributed by atoms with van der Waals surface area (Å²) in [5.74, 6) is 1.76. The Labute approximate surface area is 115 Å². The topological polar surface area (TPSA) is 56.7 Å². The van der Waals surface area contributed by atoms with E-state index < -0.39 is 0 Å². The van der Waals surface area contributed by atoms with E-state index in [1.807, 2.05) is 0 Å². The average molecular weight is 274 g/mol. The third-order valence-electron chi connectivity index (χ3n) is 2.29. The van der Waals surface area contributed by atoms with E-state index in [0.29, 0.717) is 0 Å². The van der Waals surface area contributed by atoms with Crippen LogP contribution in [0.15, 0.2) is 4.99 Å². The highest BCUT2D eigenvalue weighted by molar-refractivity contribution is 7.98. The number of hydrogen-bond acceptors (Lipinski definition) is 3. The molecule has 0 radical (unpaired) electrons. The Morgan fingerprint density at radius 3 is 2.50 bits per heavy atom. The lowest BCUT2D eigenvalue weighted by Crippen LogP contribution is -2.40. The second-order valence-electron chi connectivity index (χ2n) is 4.15. The van der Waals surface area contributed by atoms with Crippen molar-refractivity contribution in [3.8, 4) is 0 Å². The molecule has 2 N–H and O–H groups in total. The highest BCUT2D eigenvalue weighted by Crippen LogP contribution is 1.88. The number of guanidine groups is 1. The Bertz CT molecular complexity index is 244. The minimum absolute atomic E-state index is 0.0106. The number of amides is 1. The van der Waals surface area contributed by atoms with Crippen molar-refractivity contribution in [1.82, 2.24) is 15.5 Å². The van der Waals surface area contributed by atoms with Crippen molar-refractivity contribution in [2.24, 2.45) is 4.99 Å². The van der Waals surface area contributed by atoms with E-state index >= 15 is 0 Å². The van der Waals surface area contributed by atoms with Gasteiger partial charge >= 0.3 is 0 Å². The SMILES string of the molecule is CCCCNC(=NCC(=O)N(C)C)NCCSC. The minimum Gasteiger partial charge on any atom is -0.356 e. The van der Waals surface area contributed by atoms with Crippen molar-refractivity contribution in [2.75, 3.05) is 45.7 Å². The van der Waals surface area contributed by atoms with Gasteiger partial charge in [0, 0.05) is 32.9 Å². The minimum atomic E-state index is 0.0106. The van der Waals surface area contributed by atoms with Crippen LogP contribution in [0.4, 0.5) is 0 Å². The van der Waals surface area contributed by atoms with Crippen molar-refractivity contribution < 1.29 is 4.79 Å². The number of thioether (sulfide) groups is 1. The Morgan fingerprint density at radius 1 is 1.28 bits per heavy atom. The maximum absolute atomic E-state index is 11.5. The monoisotopic (exact) mass is 274 g/mol. The molecule has 0 aliphatic heterocycles. The first kappa shape index (κ1) is 17.1. The molecule has 0 heterocycles. The van der Waals surface area contributed by atoms with Gasteiger partial charge in [-0.3, -0.25) is 4.79 Å². The molecule has 0 spiro atoms. The molecule has 0 rings (SSSR count). The Morgan fingerprint density at radius 2 is 1.94 bits per heavy atom. The van der Waals surface area contributed by atoms with Crippen molar-refractivity contribution >= 4 is 23.6 Å². The van der Waals surface area contributed by atoms with E-state index in [1.54, 1.807) is 30.8 Å². The molecule has 0 aliphatic rings. The quantitative estimate of drug-likeness (QED) is 0.390. The van der Waals surface area contributed by atoms with Gasteiger partial charge in [0.15, 0.2) is 5.96 Å². The standard InChI is InChI=1S/C12H26N4OS/c1-5-6-7-13-12(14-8-9-18-4)15-10-11(17)16(2)3/h5-10H2,1-4H3,(H2,13,14,15). The number of rotatable bonds is 8. The Hall–Kier alpha value is -0.910. The van der Waals surface area contributed by atoms with Crippen LogP contribution in [0.2, 0.25) is 0 Å². The average Bonchev–Trinajstić information content (AvgIpc) is 2.35. The molecule has 1 amide bonds. The predicted octanol–water partition coefficient (Wildman–Crippen LogP) is 0.773. The van der Waals surface area contributed by atoms with Crippen LogP contribution in [0.5, 0.6) is 0 Å². The maximum Gasteiger partial charge on any atom is 0.243 e. The second-order valence-corrected chi connectivity index (χ2v) is 5.14. The fourth-order valence-electron chi connectivity index (χ4n) is 1.12. The maximum atomic E-state index is 11.5. The normalized spacial score (nSPS) is 11.2. The van der Waals surface area contributed by atoms with Gasteiger partial charge in [0.25, 0.3) is 0 Å². The van der Waals surface area contributed by atoms with Gasteiger partial charge in [-0.2, -0.15) is 11.8 Å². The molecule has 0 saturated heterocycles. The molecule has 5 nitrogen and oxygen atoms in total. The van der Waals surface area contributed by atoms with Gasteiger partial charge < -0.3 is 15.5 Å². The molecule has 0 unspecified atom stereocenters. The number of aliphatic imine (C=N–C) groups is 1. The lowest BCUT2D eigenvalue weighted by atomic mass is 10.3. The molecule has 0 saturated carbocycles. The van der Waals surface area contributed by atoms with Crippen LogP contribution in [0.25, 0.3) is 0 Å². The van der Waals surface area contributed by atoms with Crippen LogP contribution in [0.1, 0.15) is 19.8 Å². The molecule has 106 valence electrons. The summed E-state index contributed by atoms with van der Waals surface area (Å²) in [5, 5.41) is 6.45. The number of hydrogen-bond donors (Lipinski definition) is 2. The van der Waals surface area contributed by atoms with Gasteiger partial charge in [-0.15, -0.1) is 0 Å². The summed E-state index contributed by atoms with van der Waals surface area (Å²) in [6.45, 7) is 4.08. The van der Waals surface area contributed by atoms with Gasteiger partial charge in [0.2, 0.25) is 5.91 Å². The molecule has 0 aromatic heterocycles. The van der Waals surface area contributed by atoms with Crippen LogP contribution in [0.3, 0.4) is 0 Å². The summed E-state index contributed by atoms with van der Waals surface area (Å²) in [6, 6.07) is 0. The molecule has 6 heteroatoms. The number of nitrogens with one attached hydrogen (secondary N) is 2. The van der Waals surface area contributed by atoms with Gasteiger partial charge in [-0.1, -0.05) is 13.3 Å². The summed E-state index contributed by atoms with van der Waals surface area (Å²) < 4.78 is 0. The smallest absolute Gasteiger partial charge is 0.243 e. The van der Waals surface area contributed by atoms with E-state index in [4.69, 9.17) is 0 Å². The summed E-state index contributed by atoms with van der Waals surface area (Å²) >= 11 is 1.78. The lowest BCUT2D eigenvalue weighted by molar-refractivity contribution is -0.127. The first-order valence-electron chi connectivity index (χ1n) is 6.33. The number of nitrogens with zero attached hydrogens (tertiary/aromatic N) is 2. The van der Waals surface area contributed by atoms with Crippen molar-refractivity contribution in [1.29, 1.82) is 0 Å². The Balaban J connectivity index is 4.16. The summed E-state index contributed by atoms with van der Waals surface area (Å²) in [4.78, 5) is 17.3. The molecular weight excluding hydrogens is 248 g/mol. The largest absolute Gasteiger partial charge is 0.356 e. The third-order valence-corrected chi connectivity index (χ3v) is 2.91. The molecule has 0 fully saturated rings. The van der Waals surface area contributed by atoms with E-state index in [1.165, 1.54) is 0 Å². The van der Waals surface area contributed by atoms with E-state index in [0.717, 1.165) is 37.6 Å². The number of carbonyl (C=O) groups excluding carboxylic acids is 1. The van der Waals surface area contributed by atoms with E-state index in [-0.39, 0.29) is 12.5 Å². The van der Waals surface area contributed by atoms with Gasteiger partial charge in [-0.25, -0.2) is 4.99 Å². The Kier molecular flexibility index (Phi) is 10.6. The van der Waals surface area contributed by atoms with Crippen LogP contribution < -0.4 is 10.6 Å². The molecule has 0 atom stereocenters. The first-order valence-corrected chi connectivity index (χ1v) is 7.72. The lowest BCUT2D eigenvalue weighted by Gasteiger charge is -2.13. The number of carbonyl (C=O) groups is 1. The number of unbranched alkanes of at least 4 members (excludes halogenated alkanes) is 1.